The van der Waals surface area contributed by atoms with Crippen molar-refractivity contribution >= 4 is 45.3 Å². The molecule has 6 rings (SSSR count). The van der Waals surface area contributed by atoms with Gasteiger partial charge < -0.3 is 24.7 Å². The van der Waals surface area contributed by atoms with E-state index in [1.165, 1.54) is 12.8 Å². The molecule has 202 valence electrons. The average molecular weight is 558 g/mol. The summed E-state index contributed by atoms with van der Waals surface area (Å²) >= 11 is 12.2. The summed E-state index contributed by atoms with van der Waals surface area (Å²) in [4.78, 5) is 19.3. The van der Waals surface area contributed by atoms with Gasteiger partial charge in [0.1, 0.15) is 23.9 Å². The van der Waals surface area contributed by atoms with Crippen molar-refractivity contribution in [1.29, 1.82) is 0 Å². The number of hydrogen-bond donors (Lipinski definition) is 3. The molecule has 0 saturated heterocycles. The molecule has 0 bridgehead atoms. The van der Waals surface area contributed by atoms with Crippen LogP contribution in [0.5, 0.6) is 0 Å². The minimum Gasteiger partial charge on any atom is -0.390 e. The fraction of sp³-hybridized carbons (Fsp3) is 0.536. The number of aliphatic hydroxyl groups excluding tert-OH is 2. The van der Waals surface area contributed by atoms with Crippen LogP contribution in [0.25, 0.3) is 22.1 Å². The molecule has 3 aromatic heterocycles. The minimum absolute atomic E-state index is 0.00454. The number of hydrogen-bond acceptors (Lipinski definition) is 6. The lowest BCUT2D eigenvalue weighted by Crippen LogP contribution is -2.35. The lowest BCUT2D eigenvalue weighted by molar-refractivity contribution is 0.00167. The smallest absolute Gasteiger partial charge is 0.143 e. The summed E-state index contributed by atoms with van der Waals surface area (Å²) in [7, 11) is 2.08. The van der Waals surface area contributed by atoms with Gasteiger partial charge in [0, 0.05) is 30.5 Å². The Morgan fingerprint density at radius 2 is 1.92 bits per heavy atom. The normalized spacial score (nSPS) is 23.8. The van der Waals surface area contributed by atoms with Gasteiger partial charge in [0.15, 0.2) is 0 Å². The first-order valence-corrected chi connectivity index (χ1v) is 14.3. The van der Waals surface area contributed by atoms with E-state index in [9.17, 15) is 10.2 Å². The molecule has 3 heterocycles. The van der Waals surface area contributed by atoms with Crippen LogP contribution in [-0.4, -0.2) is 72.0 Å². The van der Waals surface area contributed by atoms with Crippen LogP contribution in [0.1, 0.15) is 49.7 Å². The Morgan fingerprint density at radius 3 is 2.74 bits per heavy atom. The second kappa shape index (κ2) is 10.7. The maximum atomic E-state index is 11.0. The predicted octanol–water partition coefficient (Wildman–Crippen LogP) is 4.80. The molecule has 0 spiro atoms. The highest BCUT2D eigenvalue weighted by Gasteiger charge is 2.43. The largest absolute Gasteiger partial charge is 0.390 e. The SMILES string of the molecule is CN(CCCCc1nc2cc(Cl)c(Cl)cc2[nH]1)C[C@H]1C[C@@H](n2ccc3c(CC4CC4)ncnc32)[C@H](O)[C@@H]1O. The van der Waals surface area contributed by atoms with Crippen LogP contribution in [0.4, 0.5) is 0 Å². The number of H-pyrrole nitrogens is 1. The van der Waals surface area contributed by atoms with Gasteiger partial charge in [-0.1, -0.05) is 23.2 Å². The topological polar surface area (TPSA) is 103 Å². The second-order valence-corrected chi connectivity index (χ2v) is 12.0. The van der Waals surface area contributed by atoms with Crippen molar-refractivity contribution in [2.75, 3.05) is 20.1 Å². The minimum atomic E-state index is -0.819. The first-order valence-electron chi connectivity index (χ1n) is 13.6. The van der Waals surface area contributed by atoms with Gasteiger partial charge in [0.2, 0.25) is 0 Å². The summed E-state index contributed by atoms with van der Waals surface area (Å²) in [5, 5.41) is 24.0. The van der Waals surface area contributed by atoms with E-state index < -0.39 is 12.2 Å². The average Bonchev–Trinajstić information content (AvgIpc) is 3.36. The Balaban J connectivity index is 1.03. The Kier molecular flexibility index (Phi) is 7.35. The molecule has 0 amide bonds. The number of rotatable bonds is 10. The lowest BCUT2D eigenvalue weighted by Gasteiger charge is -2.23. The van der Waals surface area contributed by atoms with Gasteiger partial charge in [-0.25, -0.2) is 15.0 Å². The van der Waals surface area contributed by atoms with Crippen LogP contribution in [0.3, 0.4) is 0 Å². The van der Waals surface area contributed by atoms with Crippen molar-refractivity contribution in [3.63, 3.8) is 0 Å². The third-order valence-corrected chi connectivity index (χ3v) is 8.94. The molecule has 4 atom stereocenters. The van der Waals surface area contributed by atoms with Gasteiger partial charge in [0.25, 0.3) is 0 Å². The lowest BCUT2D eigenvalue weighted by atomic mass is 10.0. The highest BCUT2D eigenvalue weighted by Crippen LogP contribution is 2.39. The molecule has 3 N–H and O–H groups in total. The fourth-order valence-corrected chi connectivity index (χ4v) is 6.27. The maximum absolute atomic E-state index is 11.0. The van der Waals surface area contributed by atoms with Crippen LogP contribution < -0.4 is 0 Å². The quantitative estimate of drug-likeness (QED) is 0.242. The molecular formula is C28H34Cl2N6O2. The first-order chi connectivity index (χ1) is 18.4. The highest BCUT2D eigenvalue weighted by molar-refractivity contribution is 6.42. The number of aromatic nitrogens is 5. The number of imidazole rings is 1. The van der Waals surface area contributed by atoms with E-state index in [4.69, 9.17) is 23.2 Å². The summed E-state index contributed by atoms with van der Waals surface area (Å²) < 4.78 is 2.05. The van der Waals surface area contributed by atoms with Crippen molar-refractivity contribution in [1.82, 2.24) is 29.4 Å². The van der Waals surface area contributed by atoms with Crippen LogP contribution in [0.15, 0.2) is 30.7 Å². The molecule has 0 aliphatic heterocycles. The molecule has 4 aromatic rings. The predicted molar refractivity (Wildman–Crippen MR) is 150 cm³/mol. The number of nitrogens with one attached hydrogen (secondary N) is 1. The van der Waals surface area contributed by atoms with E-state index in [1.807, 2.05) is 12.3 Å². The number of fused-ring (bicyclic) bond motifs is 2. The number of aromatic amines is 1. The molecule has 2 fully saturated rings. The molecule has 2 saturated carbocycles. The highest BCUT2D eigenvalue weighted by atomic mass is 35.5. The number of nitrogens with zero attached hydrogens (tertiary/aromatic N) is 5. The van der Waals surface area contributed by atoms with E-state index in [-0.39, 0.29) is 12.0 Å². The Labute approximate surface area is 232 Å². The maximum Gasteiger partial charge on any atom is 0.143 e. The zero-order chi connectivity index (χ0) is 26.4. The van der Waals surface area contributed by atoms with Crippen molar-refractivity contribution in [3.05, 3.63) is 52.3 Å². The number of aliphatic hydroxyl groups is 2. The van der Waals surface area contributed by atoms with Crippen molar-refractivity contribution < 1.29 is 10.2 Å². The van der Waals surface area contributed by atoms with Crippen molar-refractivity contribution in [2.24, 2.45) is 11.8 Å². The van der Waals surface area contributed by atoms with Gasteiger partial charge in [-0.3, -0.25) is 0 Å². The monoisotopic (exact) mass is 556 g/mol. The fourth-order valence-electron chi connectivity index (χ4n) is 5.95. The van der Waals surface area contributed by atoms with Gasteiger partial charge >= 0.3 is 0 Å². The van der Waals surface area contributed by atoms with E-state index in [0.717, 1.165) is 78.3 Å². The van der Waals surface area contributed by atoms with Crippen LogP contribution in [0.2, 0.25) is 10.0 Å². The standard InChI is InChI=1S/C28H34Cl2N6O2/c1-35(8-3-2-4-25-33-22-12-19(29)20(30)13-23(22)34-25)14-17-11-24(27(38)26(17)37)36-9-7-18-21(10-16-5-6-16)31-15-32-28(18)36/h7,9,12-13,15-17,24,26-27,37-38H,2-6,8,10-11,14H2,1H3,(H,33,34)/t17-,24-,26-,27+/m1/s1. The third kappa shape index (κ3) is 5.29. The zero-order valence-corrected chi connectivity index (χ0v) is 23.0. The number of halogens is 2. The third-order valence-electron chi connectivity index (χ3n) is 8.22. The molecule has 38 heavy (non-hydrogen) atoms. The van der Waals surface area contributed by atoms with Gasteiger partial charge in [-0.15, -0.1) is 0 Å². The van der Waals surface area contributed by atoms with Gasteiger partial charge in [-0.05, 0) is 76.2 Å². The van der Waals surface area contributed by atoms with Crippen molar-refractivity contribution in [3.8, 4) is 0 Å². The van der Waals surface area contributed by atoms with Crippen LogP contribution in [0, 0.1) is 11.8 Å². The second-order valence-electron chi connectivity index (χ2n) is 11.2. The van der Waals surface area contributed by atoms with E-state index in [1.54, 1.807) is 12.4 Å². The Bertz CT molecular complexity index is 1390. The Morgan fingerprint density at radius 1 is 1.11 bits per heavy atom. The van der Waals surface area contributed by atoms with Crippen LogP contribution >= 0.6 is 23.2 Å². The van der Waals surface area contributed by atoms with E-state index in [2.05, 4.69) is 42.5 Å². The molecule has 0 unspecified atom stereocenters. The molecule has 10 heteroatoms. The molecule has 2 aliphatic carbocycles. The summed E-state index contributed by atoms with van der Waals surface area (Å²) in [6.45, 7) is 1.64. The van der Waals surface area contributed by atoms with Crippen LogP contribution in [-0.2, 0) is 12.8 Å². The van der Waals surface area contributed by atoms with Gasteiger partial charge in [0.05, 0.1) is 38.9 Å². The molecular weight excluding hydrogens is 523 g/mol. The van der Waals surface area contributed by atoms with Gasteiger partial charge in [-0.2, -0.15) is 0 Å². The Hall–Kier alpha value is -2.23. The molecule has 2 aliphatic rings. The van der Waals surface area contributed by atoms with E-state index in [0.29, 0.717) is 16.5 Å². The summed E-state index contributed by atoms with van der Waals surface area (Å²) in [6.07, 6.45) is 9.15. The van der Waals surface area contributed by atoms with E-state index >= 15 is 0 Å². The summed E-state index contributed by atoms with van der Waals surface area (Å²) in [5.41, 5.74) is 3.68. The summed E-state index contributed by atoms with van der Waals surface area (Å²) in [6, 6.07) is 5.48. The number of aryl methyl sites for hydroxylation is 1. The zero-order valence-electron chi connectivity index (χ0n) is 21.5. The molecule has 0 radical (unpaired) electrons. The number of unbranched alkanes of at least 4 members (excludes halogenated alkanes) is 1. The summed E-state index contributed by atoms with van der Waals surface area (Å²) in [5.74, 6) is 1.67. The number of benzene rings is 1. The first kappa shape index (κ1) is 26.0. The molecule has 1 aromatic carbocycles. The molecule has 8 nitrogen and oxygen atoms in total. The van der Waals surface area contributed by atoms with Crippen molar-refractivity contribution in [2.45, 2.75) is 63.2 Å².